The zero-order valence-electron chi connectivity index (χ0n) is 14.2. The second-order valence-electron chi connectivity index (χ2n) is 6.94. The summed E-state index contributed by atoms with van der Waals surface area (Å²) in [6.45, 7) is 16.4. The molecule has 0 aliphatic carbocycles. The summed E-state index contributed by atoms with van der Waals surface area (Å²) in [5.74, 6) is 1.85. The molecule has 0 aliphatic heterocycles. The highest BCUT2D eigenvalue weighted by atomic mass is 127. The molecule has 0 amide bonds. The third-order valence-corrected chi connectivity index (χ3v) is 3.41. The molecular weight excluding hydrogens is 359 g/mol. The average Bonchev–Trinajstić information content (AvgIpc) is 2.25. The summed E-state index contributed by atoms with van der Waals surface area (Å²) in [7, 11) is 0. The monoisotopic (exact) mass is 390 g/mol. The standard InChI is InChI=1S/C10H13IO.C8H18/c1-3-6-12-10-5-4-8(2)7-9(10)11;1-7(2)6-8(3,4)5/h4-5,7H,3,6H2,1-2H3;7H,6H2,1-5H3. The first kappa shape index (κ1) is 19.8. The Labute approximate surface area is 139 Å². The van der Waals surface area contributed by atoms with Crippen LogP contribution in [-0.2, 0) is 0 Å². The van der Waals surface area contributed by atoms with Crippen LogP contribution in [0.3, 0.4) is 0 Å². The summed E-state index contributed by atoms with van der Waals surface area (Å²) in [4.78, 5) is 0. The number of aryl methyl sites for hydroxylation is 1. The van der Waals surface area contributed by atoms with Crippen molar-refractivity contribution in [2.75, 3.05) is 6.61 Å². The highest BCUT2D eigenvalue weighted by molar-refractivity contribution is 14.1. The van der Waals surface area contributed by atoms with E-state index in [2.05, 4.69) is 83.2 Å². The molecule has 0 aromatic heterocycles. The van der Waals surface area contributed by atoms with E-state index in [9.17, 15) is 0 Å². The van der Waals surface area contributed by atoms with E-state index in [0.29, 0.717) is 5.41 Å². The van der Waals surface area contributed by atoms with Gasteiger partial charge in [-0.25, -0.2) is 0 Å². The fourth-order valence-electron chi connectivity index (χ4n) is 2.16. The Morgan fingerprint density at radius 2 is 1.80 bits per heavy atom. The Kier molecular flexibility index (Phi) is 9.52. The van der Waals surface area contributed by atoms with Crippen LogP contribution in [0.25, 0.3) is 0 Å². The highest BCUT2D eigenvalue weighted by Crippen LogP contribution is 2.23. The molecule has 0 spiro atoms. The summed E-state index contributed by atoms with van der Waals surface area (Å²) in [5, 5.41) is 0. The van der Waals surface area contributed by atoms with E-state index in [4.69, 9.17) is 4.74 Å². The van der Waals surface area contributed by atoms with Gasteiger partial charge in [-0.1, -0.05) is 47.6 Å². The number of hydrogen-bond acceptors (Lipinski definition) is 1. The van der Waals surface area contributed by atoms with Crippen molar-refractivity contribution in [2.45, 2.75) is 61.3 Å². The lowest BCUT2D eigenvalue weighted by molar-refractivity contribution is 0.315. The number of rotatable bonds is 4. The minimum atomic E-state index is 0.522. The Balaban J connectivity index is 0.000000396. The third-order valence-electron chi connectivity index (χ3n) is 2.57. The van der Waals surface area contributed by atoms with E-state index in [1.54, 1.807) is 0 Å². The molecule has 0 heterocycles. The molecule has 0 unspecified atom stereocenters. The molecule has 0 N–H and O–H groups in total. The first-order valence-electron chi connectivity index (χ1n) is 7.54. The van der Waals surface area contributed by atoms with E-state index in [1.165, 1.54) is 15.6 Å². The van der Waals surface area contributed by atoms with Crippen molar-refractivity contribution in [3.05, 3.63) is 27.3 Å². The topological polar surface area (TPSA) is 9.23 Å². The van der Waals surface area contributed by atoms with E-state index < -0.39 is 0 Å². The minimum absolute atomic E-state index is 0.522. The van der Waals surface area contributed by atoms with Crippen molar-refractivity contribution in [2.24, 2.45) is 11.3 Å². The van der Waals surface area contributed by atoms with Crippen molar-refractivity contribution in [1.82, 2.24) is 0 Å². The molecule has 0 atom stereocenters. The summed E-state index contributed by atoms with van der Waals surface area (Å²) in [5.41, 5.74) is 1.80. The van der Waals surface area contributed by atoms with Crippen LogP contribution < -0.4 is 4.74 Å². The summed E-state index contributed by atoms with van der Waals surface area (Å²) in [6.07, 6.45) is 2.39. The molecule has 0 saturated carbocycles. The van der Waals surface area contributed by atoms with E-state index >= 15 is 0 Å². The molecule has 1 aromatic carbocycles. The van der Waals surface area contributed by atoms with Crippen LogP contribution in [0, 0.1) is 21.8 Å². The Morgan fingerprint density at radius 1 is 1.20 bits per heavy atom. The molecule has 20 heavy (non-hydrogen) atoms. The molecule has 1 rings (SSSR count). The predicted molar refractivity (Wildman–Crippen MR) is 98.6 cm³/mol. The molecule has 116 valence electrons. The molecular formula is C18H31IO. The van der Waals surface area contributed by atoms with E-state index in [0.717, 1.165) is 24.7 Å². The highest BCUT2D eigenvalue weighted by Gasteiger charge is 2.11. The van der Waals surface area contributed by atoms with Gasteiger partial charge in [-0.3, -0.25) is 0 Å². The lowest BCUT2D eigenvalue weighted by Crippen LogP contribution is -2.08. The first-order valence-corrected chi connectivity index (χ1v) is 8.62. The fourth-order valence-corrected chi connectivity index (χ4v) is 2.99. The average molecular weight is 390 g/mol. The van der Waals surface area contributed by atoms with Crippen molar-refractivity contribution in [1.29, 1.82) is 0 Å². The van der Waals surface area contributed by atoms with Crippen molar-refractivity contribution in [3.63, 3.8) is 0 Å². The normalized spacial score (nSPS) is 11.1. The smallest absolute Gasteiger partial charge is 0.132 e. The number of ether oxygens (including phenoxy) is 1. The van der Waals surface area contributed by atoms with Crippen LogP contribution in [0.5, 0.6) is 5.75 Å². The van der Waals surface area contributed by atoms with Crippen LogP contribution >= 0.6 is 22.6 Å². The lowest BCUT2D eigenvalue weighted by atomic mass is 9.86. The van der Waals surface area contributed by atoms with Gasteiger partial charge >= 0.3 is 0 Å². The molecule has 0 aliphatic rings. The Morgan fingerprint density at radius 3 is 2.15 bits per heavy atom. The van der Waals surface area contributed by atoms with E-state index in [1.807, 2.05) is 6.07 Å². The van der Waals surface area contributed by atoms with Gasteiger partial charge in [-0.15, -0.1) is 0 Å². The zero-order valence-corrected chi connectivity index (χ0v) is 16.4. The lowest BCUT2D eigenvalue weighted by Gasteiger charge is -2.19. The van der Waals surface area contributed by atoms with Gasteiger partial charge in [0, 0.05) is 0 Å². The molecule has 0 bridgehead atoms. The zero-order chi connectivity index (χ0) is 15.8. The first-order chi connectivity index (χ1) is 9.15. The van der Waals surface area contributed by atoms with Crippen LogP contribution in [0.2, 0.25) is 0 Å². The van der Waals surface area contributed by atoms with Crippen LogP contribution in [0.15, 0.2) is 18.2 Å². The molecule has 1 nitrogen and oxygen atoms in total. The van der Waals surface area contributed by atoms with Gasteiger partial charge < -0.3 is 4.74 Å². The van der Waals surface area contributed by atoms with Crippen molar-refractivity contribution in [3.8, 4) is 5.75 Å². The fraction of sp³-hybridized carbons (Fsp3) is 0.667. The van der Waals surface area contributed by atoms with Crippen LogP contribution in [-0.4, -0.2) is 6.61 Å². The molecule has 1 aromatic rings. The van der Waals surface area contributed by atoms with Gasteiger partial charge in [0.2, 0.25) is 0 Å². The van der Waals surface area contributed by atoms with Gasteiger partial charge in [-0.2, -0.15) is 0 Å². The Hall–Kier alpha value is -0.250. The Bertz CT molecular complexity index is 377. The molecule has 0 fully saturated rings. The third kappa shape index (κ3) is 10.5. The van der Waals surface area contributed by atoms with Gasteiger partial charge in [0.1, 0.15) is 5.75 Å². The quantitative estimate of drug-likeness (QED) is 0.536. The van der Waals surface area contributed by atoms with Crippen molar-refractivity contribution < 1.29 is 4.74 Å². The largest absolute Gasteiger partial charge is 0.492 e. The summed E-state index contributed by atoms with van der Waals surface area (Å²) in [6, 6.07) is 6.24. The minimum Gasteiger partial charge on any atom is -0.492 e. The molecule has 2 heteroatoms. The molecule has 0 radical (unpaired) electrons. The number of halogens is 1. The van der Waals surface area contributed by atoms with E-state index in [-0.39, 0.29) is 0 Å². The van der Waals surface area contributed by atoms with Gasteiger partial charge in [0.15, 0.2) is 0 Å². The van der Waals surface area contributed by atoms with Crippen LogP contribution in [0.1, 0.15) is 59.9 Å². The second kappa shape index (κ2) is 9.64. The maximum Gasteiger partial charge on any atom is 0.132 e. The summed E-state index contributed by atoms with van der Waals surface area (Å²) >= 11 is 2.30. The number of hydrogen-bond donors (Lipinski definition) is 0. The predicted octanol–water partition coefficient (Wildman–Crippen LogP) is 6.47. The van der Waals surface area contributed by atoms with Crippen molar-refractivity contribution >= 4 is 22.6 Å². The maximum absolute atomic E-state index is 5.53. The van der Waals surface area contributed by atoms with Gasteiger partial charge in [0.05, 0.1) is 10.2 Å². The SMILES string of the molecule is CC(C)CC(C)(C)C.CCCOc1ccc(C)cc1I. The second-order valence-corrected chi connectivity index (χ2v) is 8.10. The molecule has 0 saturated heterocycles. The van der Waals surface area contributed by atoms with Gasteiger partial charge in [0.25, 0.3) is 0 Å². The number of benzene rings is 1. The summed E-state index contributed by atoms with van der Waals surface area (Å²) < 4.78 is 6.73. The van der Waals surface area contributed by atoms with Crippen LogP contribution in [0.4, 0.5) is 0 Å². The van der Waals surface area contributed by atoms with Gasteiger partial charge in [-0.05, 0) is 71.4 Å². The maximum atomic E-state index is 5.53.